The summed E-state index contributed by atoms with van der Waals surface area (Å²) in [4.78, 5) is 0. The molecule has 21 heavy (non-hydrogen) atoms. The highest BCUT2D eigenvalue weighted by Crippen LogP contribution is 2.30. The van der Waals surface area contributed by atoms with Crippen molar-refractivity contribution in [1.82, 2.24) is 0 Å². The van der Waals surface area contributed by atoms with Crippen molar-refractivity contribution in [3.05, 3.63) is 51.1 Å². The van der Waals surface area contributed by atoms with Gasteiger partial charge in [-0.25, -0.2) is 0 Å². The van der Waals surface area contributed by atoms with Crippen LogP contribution < -0.4 is 14.8 Å². The number of ether oxygens (including phenoxy) is 2. The van der Waals surface area contributed by atoms with Crippen molar-refractivity contribution in [2.24, 2.45) is 0 Å². The number of anilines is 1. The van der Waals surface area contributed by atoms with Gasteiger partial charge < -0.3 is 14.8 Å². The maximum absolute atomic E-state index is 5.72. The Balaban J connectivity index is 1.70. The zero-order valence-corrected chi connectivity index (χ0v) is 14.1. The zero-order chi connectivity index (χ0) is 14.7. The van der Waals surface area contributed by atoms with Crippen LogP contribution in [0, 0.1) is 10.5 Å². The first kappa shape index (κ1) is 14.5. The van der Waals surface area contributed by atoms with Crippen molar-refractivity contribution in [2.75, 3.05) is 18.5 Å². The Hall–Kier alpha value is -1.43. The topological polar surface area (TPSA) is 30.5 Å². The van der Waals surface area contributed by atoms with E-state index in [0.717, 1.165) is 43.4 Å². The summed E-state index contributed by atoms with van der Waals surface area (Å²) in [6.07, 6.45) is 0.935. The normalized spacial score (nSPS) is 13.6. The van der Waals surface area contributed by atoms with Gasteiger partial charge in [0, 0.05) is 22.2 Å². The first-order valence-electron chi connectivity index (χ1n) is 7.11. The first-order valence-corrected chi connectivity index (χ1v) is 8.19. The summed E-state index contributed by atoms with van der Waals surface area (Å²) >= 11 is 2.36. The molecule has 110 valence electrons. The van der Waals surface area contributed by atoms with Gasteiger partial charge in [-0.15, -0.1) is 0 Å². The second-order valence-corrected chi connectivity index (χ2v) is 6.31. The molecule has 3 nitrogen and oxygen atoms in total. The smallest absolute Gasteiger partial charge is 0.161 e. The van der Waals surface area contributed by atoms with Crippen LogP contribution in [0.5, 0.6) is 11.5 Å². The van der Waals surface area contributed by atoms with E-state index in [2.05, 4.69) is 65.2 Å². The monoisotopic (exact) mass is 395 g/mol. The van der Waals surface area contributed by atoms with Gasteiger partial charge in [-0.1, -0.05) is 12.1 Å². The second-order valence-electron chi connectivity index (χ2n) is 5.15. The van der Waals surface area contributed by atoms with Crippen LogP contribution in [-0.4, -0.2) is 13.2 Å². The standard InChI is InChI=1S/C17H18INO2/c1-12-3-5-14(10-15(12)18)19-11-13-4-6-16-17(9-13)21-8-2-7-20-16/h3-6,9-10,19H,2,7-8,11H2,1H3. The molecule has 0 aliphatic carbocycles. The lowest BCUT2D eigenvalue weighted by Gasteiger charge is -2.11. The maximum atomic E-state index is 5.72. The van der Waals surface area contributed by atoms with Gasteiger partial charge >= 0.3 is 0 Å². The largest absolute Gasteiger partial charge is 0.490 e. The van der Waals surface area contributed by atoms with Gasteiger partial charge in [0.15, 0.2) is 11.5 Å². The summed E-state index contributed by atoms with van der Waals surface area (Å²) < 4.78 is 12.6. The molecule has 1 heterocycles. The minimum Gasteiger partial charge on any atom is -0.490 e. The van der Waals surface area contributed by atoms with Crippen LogP contribution in [0.4, 0.5) is 5.69 Å². The number of hydrogen-bond donors (Lipinski definition) is 1. The van der Waals surface area contributed by atoms with Crippen molar-refractivity contribution in [1.29, 1.82) is 0 Å². The number of nitrogens with one attached hydrogen (secondary N) is 1. The minimum absolute atomic E-state index is 0.722. The molecule has 1 N–H and O–H groups in total. The Morgan fingerprint density at radius 3 is 2.67 bits per heavy atom. The molecule has 0 bridgehead atoms. The SMILES string of the molecule is Cc1ccc(NCc2ccc3c(c2)OCCCO3)cc1I. The van der Waals surface area contributed by atoms with Gasteiger partial charge in [-0.05, 0) is 64.9 Å². The molecular weight excluding hydrogens is 377 g/mol. The summed E-state index contributed by atoms with van der Waals surface area (Å²) in [6.45, 7) is 4.34. The van der Waals surface area contributed by atoms with E-state index in [0.29, 0.717) is 0 Å². The summed E-state index contributed by atoms with van der Waals surface area (Å²) in [5, 5.41) is 3.45. The van der Waals surface area contributed by atoms with E-state index in [1.165, 1.54) is 14.7 Å². The molecule has 0 spiro atoms. The van der Waals surface area contributed by atoms with Gasteiger partial charge in [0.05, 0.1) is 13.2 Å². The fourth-order valence-corrected chi connectivity index (χ4v) is 2.74. The molecule has 4 heteroatoms. The van der Waals surface area contributed by atoms with E-state index >= 15 is 0 Å². The third-order valence-corrected chi connectivity index (χ3v) is 4.64. The van der Waals surface area contributed by atoms with Crippen LogP contribution in [0.15, 0.2) is 36.4 Å². The molecule has 2 aromatic carbocycles. The predicted octanol–water partition coefficient (Wildman–Crippen LogP) is 4.37. The number of aryl methyl sites for hydroxylation is 1. The quantitative estimate of drug-likeness (QED) is 0.783. The Morgan fingerprint density at radius 2 is 1.86 bits per heavy atom. The van der Waals surface area contributed by atoms with E-state index in [-0.39, 0.29) is 0 Å². The zero-order valence-electron chi connectivity index (χ0n) is 12.0. The first-order chi connectivity index (χ1) is 10.2. The Bertz CT molecular complexity index is 643. The van der Waals surface area contributed by atoms with E-state index in [9.17, 15) is 0 Å². The van der Waals surface area contributed by atoms with Gasteiger partial charge in [-0.3, -0.25) is 0 Å². The fraction of sp³-hybridized carbons (Fsp3) is 0.294. The van der Waals surface area contributed by atoms with E-state index in [1.54, 1.807) is 0 Å². The van der Waals surface area contributed by atoms with Gasteiger partial charge in [-0.2, -0.15) is 0 Å². The summed E-state index contributed by atoms with van der Waals surface area (Å²) in [5.41, 5.74) is 3.63. The Kier molecular flexibility index (Phi) is 4.53. The molecular formula is C17H18INO2. The van der Waals surface area contributed by atoms with Gasteiger partial charge in [0.25, 0.3) is 0 Å². The summed E-state index contributed by atoms with van der Waals surface area (Å²) in [5.74, 6) is 1.70. The second kappa shape index (κ2) is 6.56. The molecule has 1 aliphatic rings. The molecule has 0 saturated carbocycles. The lowest BCUT2D eigenvalue weighted by atomic mass is 10.2. The molecule has 1 aliphatic heterocycles. The van der Waals surface area contributed by atoms with Crippen LogP contribution in [0.25, 0.3) is 0 Å². The van der Waals surface area contributed by atoms with Crippen LogP contribution in [0.2, 0.25) is 0 Å². The molecule has 0 saturated heterocycles. The Labute approximate surface area is 138 Å². The lowest BCUT2D eigenvalue weighted by molar-refractivity contribution is 0.297. The highest BCUT2D eigenvalue weighted by atomic mass is 127. The molecule has 0 radical (unpaired) electrons. The minimum atomic E-state index is 0.722. The average molecular weight is 395 g/mol. The number of halogens is 1. The van der Waals surface area contributed by atoms with E-state index in [1.807, 2.05) is 6.07 Å². The highest BCUT2D eigenvalue weighted by Gasteiger charge is 2.10. The van der Waals surface area contributed by atoms with Crippen molar-refractivity contribution in [3.63, 3.8) is 0 Å². The third kappa shape index (κ3) is 3.61. The molecule has 0 amide bonds. The van der Waals surface area contributed by atoms with Crippen molar-refractivity contribution in [2.45, 2.75) is 19.9 Å². The lowest BCUT2D eigenvalue weighted by Crippen LogP contribution is -2.01. The van der Waals surface area contributed by atoms with E-state index in [4.69, 9.17) is 9.47 Å². The molecule has 0 atom stereocenters. The molecule has 3 rings (SSSR count). The van der Waals surface area contributed by atoms with Crippen molar-refractivity contribution < 1.29 is 9.47 Å². The predicted molar refractivity (Wildman–Crippen MR) is 93.3 cm³/mol. The average Bonchev–Trinajstić information content (AvgIpc) is 2.73. The fourth-order valence-electron chi connectivity index (χ4n) is 2.22. The van der Waals surface area contributed by atoms with Crippen molar-refractivity contribution >= 4 is 28.3 Å². The highest BCUT2D eigenvalue weighted by molar-refractivity contribution is 14.1. The maximum Gasteiger partial charge on any atom is 0.161 e. The van der Waals surface area contributed by atoms with E-state index < -0.39 is 0 Å². The number of benzene rings is 2. The Morgan fingerprint density at radius 1 is 1.05 bits per heavy atom. The molecule has 2 aromatic rings. The van der Waals surface area contributed by atoms with Crippen LogP contribution in [0.1, 0.15) is 17.5 Å². The summed E-state index contributed by atoms with van der Waals surface area (Å²) in [6, 6.07) is 12.6. The van der Waals surface area contributed by atoms with Crippen LogP contribution >= 0.6 is 22.6 Å². The van der Waals surface area contributed by atoms with Crippen LogP contribution in [0.3, 0.4) is 0 Å². The number of hydrogen-bond acceptors (Lipinski definition) is 3. The van der Waals surface area contributed by atoms with Gasteiger partial charge in [0.1, 0.15) is 0 Å². The van der Waals surface area contributed by atoms with Crippen LogP contribution in [-0.2, 0) is 6.54 Å². The molecule has 0 fully saturated rings. The third-order valence-electron chi connectivity index (χ3n) is 3.48. The number of fused-ring (bicyclic) bond motifs is 1. The molecule has 0 unspecified atom stereocenters. The van der Waals surface area contributed by atoms with Crippen molar-refractivity contribution in [3.8, 4) is 11.5 Å². The van der Waals surface area contributed by atoms with Gasteiger partial charge in [0.2, 0.25) is 0 Å². The molecule has 0 aromatic heterocycles. The summed E-state index contributed by atoms with van der Waals surface area (Å²) in [7, 11) is 0. The number of rotatable bonds is 3.